The number of carbonyl (C=O) groups is 2. The molecule has 0 aliphatic rings. The lowest BCUT2D eigenvalue weighted by atomic mass is 9.87. The lowest BCUT2D eigenvalue weighted by molar-refractivity contribution is -0.140. The van der Waals surface area contributed by atoms with Crippen molar-refractivity contribution >= 4 is 35.7 Å². The number of aromatic hydroxyl groups is 1. The number of halogens is 5. The van der Waals surface area contributed by atoms with E-state index >= 15 is 0 Å². The smallest absolute Gasteiger partial charge is 0.423 e. The molecule has 0 bridgehead atoms. The maximum atomic E-state index is 13.8. The molecule has 2 N–H and O–H groups in total. The van der Waals surface area contributed by atoms with Crippen LogP contribution in [0.1, 0.15) is 64.7 Å². The first-order valence-electron chi connectivity index (χ1n) is 11.3. The van der Waals surface area contributed by atoms with Crippen LogP contribution in [-0.2, 0) is 26.4 Å². The second-order valence-electron chi connectivity index (χ2n) is 9.81. The zero-order valence-electron chi connectivity index (χ0n) is 21.1. The van der Waals surface area contributed by atoms with E-state index in [1.165, 1.54) is 6.33 Å². The molecule has 12 heteroatoms. The van der Waals surface area contributed by atoms with E-state index in [4.69, 9.17) is 16.3 Å². The second-order valence-corrected chi connectivity index (χ2v) is 10.2. The molecule has 3 aromatic rings. The summed E-state index contributed by atoms with van der Waals surface area (Å²) in [5.74, 6) is -2.76. The number of aromatic nitrogens is 2. The molecule has 1 heterocycles. The number of Topliss-reactive ketones (excluding diaryl/α,β-unsaturated/α-hetero) is 1. The molecule has 206 valence electrons. The van der Waals surface area contributed by atoms with Crippen molar-refractivity contribution in [2.45, 2.75) is 46.5 Å². The summed E-state index contributed by atoms with van der Waals surface area (Å²) in [7, 11) is 1.74. The summed E-state index contributed by atoms with van der Waals surface area (Å²) in [6, 6.07) is 6.94. The number of nitrogens with one attached hydrogen (secondary N) is 1. The number of rotatable bonds is 8. The predicted molar refractivity (Wildman–Crippen MR) is 139 cm³/mol. The number of alkyl halides is 3. The van der Waals surface area contributed by atoms with Gasteiger partial charge in [-0.1, -0.05) is 44.5 Å². The van der Waals surface area contributed by atoms with E-state index in [-0.39, 0.29) is 48.6 Å². The topological polar surface area (TPSA) is 93.5 Å². The number of hydrogen-bond acceptors (Lipinski definition) is 5. The molecule has 38 heavy (non-hydrogen) atoms. The Morgan fingerprint density at radius 1 is 1.16 bits per heavy atom. The van der Waals surface area contributed by atoms with E-state index in [0.717, 1.165) is 12.1 Å². The van der Waals surface area contributed by atoms with Crippen LogP contribution in [-0.4, -0.2) is 26.3 Å². The zero-order chi connectivity index (χ0) is 27.5. The summed E-state index contributed by atoms with van der Waals surface area (Å²) in [5, 5.41) is 13.3. The molecular formula is C26H28Cl2F3N3O4. The maximum Gasteiger partial charge on any atom is 0.423 e. The highest BCUT2D eigenvalue weighted by atomic mass is 35.5. The van der Waals surface area contributed by atoms with Gasteiger partial charge in [0.2, 0.25) is 0 Å². The Labute approximate surface area is 229 Å². The van der Waals surface area contributed by atoms with Crippen molar-refractivity contribution in [1.82, 2.24) is 14.9 Å². The maximum absolute atomic E-state index is 13.8. The molecule has 0 unspecified atom stereocenters. The molecule has 0 fully saturated rings. The first kappa shape index (κ1) is 31.0. The van der Waals surface area contributed by atoms with Gasteiger partial charge in [-0.2, -0.15) is 13.2 Å². The largest absolute Gasteiger partial charge is 0.506 e. The van der Waals surface area contributed by atoms with Crippen molar-refractivity contribution in [3.8, 4) is 11.5 Å². The quantitative estimate of drug-likeness (QED) is 0.306. The molecule has 0 saturated carbocycles. The average molecular weight is 574 g/mol. The highest BCUT2D eigenvalue weighted by Crippen LogP contribution is 2.44. The van der Waals surface area contributed by atoms with Crippen LogP contribution in [0.4, 0.5) is 13.2 Å². The number of hydrogen-bond donors (Lipinski definition) is 2. The Balaban J connectivity index is 0.00000507. The molecule has 0 atom stereocenters. The Kier molecular flexibility index (Phi) is 9.85. The first-order chi connectivity index (χ1) is 17.2. The SMILES string of the molecule is Cl.Cn1cnc(C(=O)NCc2ccc(COc3ccc(C(=O)CC(C)(C)C)c(O)c3C(F)(F)F)c(Cl)c2)c1. The van der Waals surface area contributed by atoms with Gasteiger partial charge in [0, 0.05) is 36.8 Å². The van der Waals surface area contributed by atoms with Gasteiger partial charge in [0.05, 0.1) is 11.9 Å². The van der Waals surface area contributed by atoms with Gasteiger partial charge in [-0.15, -0.1) is 12.4 Å². The average Bonchev–Trinajstić information content (AvgIpc) is 3.21. The van der Waals surface area contributed by atoms with Crippen LogP contribution < -0.4 is 10.1 Å². The van der Waals surface area contributed by atoms with E-state index in [1.807, 2.05) is 0 Å². The fraction of sp³-hybridized carbons (Fsp3) is 0.346. The Morgan fingerprint density at radius 2 is 1.84 bits per heavy atom. The normalized spacial score (nSPS) is 11.6. The number of carbonyl (C=O) groups excluding carboxylic acids is 2. The fourth-order valence-electron chi connectivity index (χ4n) is 3.55. The van der Waals surface area contributed by atoms with Gasteiger partial charge >= 0.3 is 6.18 Å². The van der Waals surface area contributed by atoms with E-state index in [9.17, 15) is 27.9 Å². The number of imidazole rings is 1. The number of amides is 1. The Hall–Kier alpha value is -3.24. The van der Waals surface area contributed by atoms with E-state index in [2.05, 4.69) is 10.3 Å². The minimum atomic E-state index is -4.96. The lowest BCUT2D eigenvalue weighted by Crippen LogP contribution is -2.23. The van der Waals surface area contributed by atoms with Gasteiger partial charge in [-0.25, -0.2) is 4.98 Å². The number of benzene rings is 2. The molecule has 2 aromatic carbocycles. The summed E-state index contributed by atoms with van der Waals surface area (Å²) < 4.78 is 48.4. The molecular weight excluding hydrogens is 546 g/mol. The summed E-state index contributed by atoms with van der Waals surface area (Å²) in [4.78, 5) is 28.6. The number of phenolic OH excluding ortho intramolecular Hbond substituents is 1. The number of nitrogens with zero attached hydrogens (tertiary/aromatic N) is 2. The molecule has 0 aliphatic carbocycles. The second kappa shape index (κ2) is 12.1. The van der Waals surface area contributed by atoms with Crippen molar-refractivity contribution in [2.24, 2.45) is 12.5 Å². The highest BCUT2D eigenvalue weighted by molar-refractivity contribution is 6.31. The summed E-state index contributed by atoms with van der Waals surface area (Å²) in [6.45, 7) is 5.15. The lowest BCUT2D eigenvalue weighted by Gasteiger charge is -2.20. The minimum absolute atomic E-state index is 0. The number of phenols is 1. The van der Waals surface area contributed by atoms with Gasteiger partial charge in [-0.05, 0) is 29.2 Å². The Morgan fingerprint density at radius 3 is 2.39 bits per heavy atom. The standard InChI is InChI=1S/C26H27ClF3N3O4.ClH/c1-25(2,3)10-20(34)17-7-8-21(22(23(17)35)26(28,29)30)37-13-16-6-5-15(9-18(16)27)11-31-24(36)19-12-33(4)14-32-19;/h5-9,12,14,35H,10-11,13H2,1-4H3,(H,31,36);1H. The summed E-state index contributed by atoms with van der Waals surface area (Å²) in [6.07, 6.45) is -1.93. The monoisotopic (exact) mass is 573 g/mol. The summed E-state index contributed by atoms with van der Waals surface area (Å²) >= 11 is 6.30. The van der Waals surface area contributed by atoms with Crippen LogP contribution >= 0.6 is 24.0 Å². The van der Waals surface area contributed by atoms with Gasteiger partial charge in [0.1, 0.15) is 29.4 Å². The first-order valence-corrected chi connectivity index (χ1v) is 11.7. The van der Waals surface area contributed by atoms with Gasteiger partial charge in [-0.3, -0.25) is 9.59 Å². The summed E-state index contributed by atoms with van der Waals surface area (Å²) in [5.41, 5.74) is -0.993. The molecule has 7 nitrogen and oxygen atoms in total. The third kappa shape index (κ3) is 7.88. The number of aryl methyl sites for hydroxylation is 1. The third-order valence-electron chi connectivity index (χ3n) is 5.31. The molecule has 0 saturated heterocycles. The Bertz CT molecular complexity index is 1320. The van der Waals surface area contributed by atoms with Crippen molar-refractivity contribution in [3.63, 3.8) is 0 Å². The van der Waals surface area contributed by atoms with Crippen LogP contribution in [0.25, 0.3) is 0 Å². The van der Waals surface area contributed by atoms with Crippen molar-refractivity contribution in [1.29, 1.82) is 0 Å². The molecule has 1 amide bonds. The molecule has 3 rings (SSSR count). The van der Waals surface area contributed by atoms with Crippen molar-refractivity contribution < 1.29 is 32.6 Å². The van der Waals surface area contributed by atoms with Crippen LogP contribution in [0.5, 0.6) is 11.5 Å². The van der Waals surface area contributed by atoms with Gasteiger partial charge in [0.15, 0.2) is 5.78 Å². The van der Waals surface area contributed by atoms with Gasteiger partial charge in [0.25, 0.3) is 5.91 Å². The van der Waals surface area contributed by atoms with Crippen molar-refractivity contribution in [3.05, 3.63) is 75.8 Å². The van der Waals surface area contributed by atoms with E-state index in [1.54, 1.807) is 56.8 Å². The fourth-order valence-corrected chi connectivity index (χ4v) is 3.80. The highest BCUT2D eigenvalue weighted by Gasteiger charge is 2.40. The van der Waals surface area contributed by atoms with Crippen LogP contribution in [0.15, 0.2) is 42.9 Å². The predicted octanol–water partition coefficient (Wildman–Crippen LogP) is 6.35. The number of ketones is 1. The molecule has 0 aliphatic heterocycles. The van der Waals surface area contributed by atoms with E-state index in [0.29, 0.717) is 11.1 Å². The minimum Gasteiger partial charge on any atom is -0.506 e. The number of ether oxygens (including phenoxy) is 1. The third-order valence-corrected chi connectivity index (χ3v) is 5.66. The van der Waals surface area contributed by atoms with Crippen LogP contribution in [0, 0.1) is 5.41 Å². The van der Waals surface area contributed by atoms with Gasteiger partial charge < -0.3 is 19.7 Å². The molecule has 1 aromatic heterocycles. The van der Waals surface area contributed by atoms with Crippen LogP contribution in [0.3, 0.4) is 0 Å². The molecule has 0 radical (unpaired) electrons. The van der Waals surface area contributed by atoms with Crippen LogP contribution in [0.2, 0.25) is 5.02 Å². The zero-order valence-corrected chi connectivity index (χ0v) is 22.7. The van der Waals surface area contributed by atoms with Crippen molar-refractivity contribution in [2.75, 3.05) is 0 Å². The van der Waals surface area contributed by atoms with E-state index < -0.39 is 40.0 Å². The molecule has 0 spiro atoms.